The Kier molecular flexibility index (Phi) is 5.44. The van der Waals surface area contributed by atoms with Crippen LogP contribution in [0.4, 0.5) is 5.69 Å². The number of fused-ring (bicyclic) bond motifs is 1. The van der Waals surface area contributed by atoms with Gasteiger partial charge in [0.1, 0.15) is 11.6 Å². The topological polar surface area (TPSA) is 87.7 Å². The number of nitrogens with one attached hydrogen (secondary N) is 2. The first-order chi connectivity index (χ1) is 14.9. The van der Waals surface area contributed by atoms with Crippen LogP contribution in [0.3, 0.4) is 0 Å². The van der Waals surface area contributed by atoms with Gasteiger partial charge in [-0.2, -0.15) is 0 Å². The fourth-order valence-corrected chi connectivity index (χ4v) is 5.22. The van der Waals surface area contributed by atoms with Crippen LogP contribution in [0.15, 0.2) is 36.4 Å². The van der Waals surface area contributed by atoms with Crippen molar-refractivity contribution >= 4 is 23.4 Å². The second-order valence-corrected chi connectivity index (χ2v) is 10.6. The van der Waals surface area contributed by atoms with Crippen LogP contribution in [-0.4, -0.2) is 52.5 Å². The van der Waals surface area contributed by atoms with Crippen molar-refractivity contribution in [3.63, 3.8) is 0 Å². The molecule has 2 fully saturated rings. The van der Waals surface area contributed by atoms with E-state index >= 15 is 0 Å². The minimum absolute atomic E-state index is 0.166. The molecule has 7 nitrogen and oxygen atoms in total. The summed E-state index contributed by atoms with van der Waals surface area (Å²) in [6.07, 6.45) is 3.15. The van der Waals surface area contributed by atoms with E-state index in [1.165, 1.54) is 0 Å². The van der Waals surface area contributed by atoms with Crippen LogP contribution in [0.1, 0.15) is 40.2 Å². The van der Waals surface area contributed by atoms with Crippen molar-refractivity contribution in [3.8, 4) is 0 Å². The molecule has 0 unspecified atom stereocenters. The van der Waals surface area contributed by atoms with Crippen molar-refractivity contribution in [1.29, 1.82) is 0 Å². The largest absolute Gasteiger partial charge is 0.359 e. The quantitative estimate of drug-likeness (QED) is 0.691. The monoisotopic (exact) mass is 439 g/mol. The third kappa shape index (κ3) is 3.62. The molecule has 3 amide bonds. The third-order valence-electron chi connectivity index (χ3n) is 6.39. The zero-order valence-corrected chi connectivity index (χ0v) is 19.6. The summed E-state index contributed by atoms with van der Waals surface area (Å²) in [4.78, 5) is 42.1. The first kappa shape index (κ1) is 22.5. The maximum atomic E-state index is 13.7. The molecule has 1 aromatic carbocycles. The number of nitrogens with zero attached hydrogens (tertiary/aromatic N) is 1. The van der Waals surface area contributed by atoms with Gasteiger partial charge >= 0.3 is 0 Å². The van der Waals surface area contributed by atoms with Gasteiger partial charge in [0.05, 0.1) is 17.9 Å². The molecule has 0 aliphatic carbocycles. The van der Waals surface area contributed by atoms with Crippen molar-refractivity contribution in [3.05, 3.63) is 42.0 Å². The number of hydrogen-bond acceptors (Lipinski definition) is 4. The summed E-state index contributed by atoms with van der Waals surface area (Å²) >= 11 is 0. The molecular weight excluding hydrogens is 406 g/mol. The van der Waals surface area contributed by atoms with E-state index in [4.69, 9.17) is 4.74 Å². The van der Waals surface area contributed by atoms with E-state index in [9.17, 15) is 14.4 Å². The fourth-order valence-electron chi connectivity index (χ4n) is 5.22. The Morgan fingerprint density at radius 2 is 1.88 bits per heavy atom. The molecule has 3 aliphatic rings. The normalized spacial score (nSPS) is 30.7. The lowest BCUT2D eigenvalue weighted by atomic mass is 9.74. The lowest BCUT2D eigenvalue weighted by molar-refractivity contribution is -0.142. The van der Waals surface area contributed by atoms with Gasteiger partial charge < -0.3 is 20.3 Å². The predicted molar refractivity (Wildman–Crippen MR) is 122 cm³/mol. The number of benzene rings is 1. The molecule has 3 aliphatic heterocycles. The van der Waals surface area contributed by atoms with E-state index in [1.54, 1.807) is 4.90 Å². The van der Waals surface area contributed by atoms with E-state index in [2.05, 4.69) is 10.6 Å². The molecule has 172 valence electrons. The molecule has 1 aromatic rings. The number of rotatable bonds is 5. The van der Waals surface area contributed by atoms with Gasteiger partial charge in [-0.15, -0.1) is 0 Å². The van der Waals surface area contributed by atoms with Gasteiger partial charge in [-0.3, -0.25) is 14.4 Å². The molecule has 2 N–H and O–H groups in total. The zero-order valence-electron chi connectivity index (χ0n) is 19.6. The molecule has 1 spiro atoms. The highest BCUT2D eigenvalue weighted by Gasteiger charge is 2.72. The van der Waals surface area contributed by atoms with Crippen LogP contribution in [0, 0.1) is 24.7 Å². The average molecular weight is 440 g/mol. The van der Waals surface area contributed by atoms with Crippen LogP contribution in [0.5, 0.6) is 0 Å². The second kappa shape index (κ2) is 7.73. The number of para-hydroxylation sites is 1. The van der Waals surface area contributed by atoms with Gasteiger partial charge in [0.15, 0.2) is 0 Å². The lowest BCUT2D eigenvalue weighted by Gasteiger charge is -2.35. The van der Waals surface area contributed by atoms with Crippen molar-refractivity contribution in [2.45, 2.75) is 64.8 Å². The number of ether oxygens (including phenoxy) is 1. The number of aryl methyl sites for hydroxylation is 1. The SMILES string of the molecule is Cc1ccccc1NC(=O)[C@@H]1[C@@H]2C=C[C@]3(O2)[C@@H]1C(=O)N(CC(C)C)[C@@H]3C(=O)NC(C)(C)C. The van der Waals surface area contributed by atoms with E-state index in [1.807, 2.05) is 78.0 Å². The summed E-state index contributed by atoms with van der Waals surface area (Å²) in [6, 6.07) is 6.73. The van der Waals surface area contributed by atoms with E-state index < -0.39 is 35.1 Å². The standard InChI is InChI=1S/C25H33N3O4/c1-14(2)13-28-20(22(30)27-24(4,5)6)25-12-11-17(32-25)18(19(25)23(28)31)21(29)26-16-10-8-7-9-15(16)3/h7-12,14,17-20H,13H2,1-6H3,(H,26,29)(H,27,30)/t17-,18+,19-,20+,25-/m0/s1. The average Bonchev–Trinajstić information content (AvgIpc) is 3.30. The summed E-state index contributed by atoms with van der Waals surface area (Å²) in [5.41, 5.74) is 0.0709. The Hall–Kier alpha value is -2.67. The molecule has 4 rings (SSSR count). The second-order valence-electron chi connectivity index (χ2n) is 10.6. The first-order valence-corrected chi connectivity index (χ1v) is 11.3. The lowest BCUT2D eigenvalue weighted by Crippen LogP contribution is -2.58. The number of amides is 3. The molecule has 7 heteroatoms. The maximum Gasteiger partial charge on any atom is 0.246 e. The molecule has 2 saturated heterocycles. The smallest absolute Gasteiger partial charge is 0.246 e. The van der Waals surface area contributed by atoms with Gasteiger partial charge in [-0.25, -0.2) is 0 Å². The highest BCUT2D eigenvalue weighted by Crippen LogP contribution is 2.55. The van der Waals surface area contributed by atoms with Crippen LogP contribution >= 0.6 is 0 Å². The molecule has 0 aromatic heterocycles. The van der Waals surface area contributed by atoms with Crippen molar-refractivity contribution in [1.82, 2.24) is 10.2 Å². The van der Waals surface area contributed by atoms with Gasteiger partial charge in [0, 0.05) is 17.8 Å². The van der Waals surface area contributed by atoms with E-state index in [0.717, 1.165) is 5.56 Å². The van der Waals surface area contributed by atoms with Crippen LogP contribution in [-0.2, 0) is 19.1 Å². The van der Waals surface area contributed by atoms with Crippen LogP contribution in [0.25, 0.3) is 0 Å². The van der Waals surface area contributed by atoms with Crippen molar-refractivity contribution in [2.24, 2.45) is 17.8 Å². The molecule has 2 bridgehead atoms. The Morgan fingerprint density at radius 3 is 2.50 bits per heavy atom. The Morgan fingerprint density at radius 1 is 1.19 bits per heavy atom. The number of anilines is 1. The van der Waals surface area contributed by atoms with E-state index in [0.29, 0.717) is 12.2 Å². The number of carbonyl (C=O) groups is 3. The van der Waals surface area contributed by atoms with Gasteiger partial charge in [-0.05, 0) is 45.2 Å². The summed E-state index contributed by atoms with van der Waals surface area (Å²) in [7, 11) is 0. The maximum absolute atomic E-state index is 13.7. The van der Waals surface area contributed by atoms with Gasteiger partial charge in [0.2, 0.25) is 17.7 Å². The minimum atomic E-state index is -1.13. The Bertz CT molecular complexity index is 980. The first-order valence-electron chi connectivity index (χ1n) is 11.3. The van der Waals surface area contributed by atoms with Crippen LogP contribution in [0.2, 0.25) is 0 Å². The fraction of sp³-hybridized carbons (Fsp3) is 0.560. The van der Waals surface area contributed by atoms with Gasteiger partial charge in [0.25, 0.3) is 0 Å². The summed E-state index contributed by atoms with van der Waals surface area (Å²) < 4.78 is 6.32. The summed E-state index contributed by atoms with van der Waals surface area (Å²) in [5, 5.41) is 6.00. The highest BCUT2D eigenvalue weighted by molar-refractivity contribution is 6.03. The third-order valence-corrected chi connectivity index (χ3v) is 6.39. The van der Waals surface area contributed by atoms with Gasteiger partial charge in [-0.1, -0.05) is 44.2 Å². The molecule has 0 saturated carbocycles. The molecule has 32 heavy (non-hydrogen) atoms. The number of likely N-dealkylation sites (tertiary alicyclic amines) is 1. The van der Waals surface area contributed by atoms with E-state index in [-0.39, 0.29) is 23.6 Å². The number of carbonyl (C=O) groups excluding carboxylic acids is 3. The molecule has 5 atom stereocenters. The number of hydrogen-bond donors (Lipinski definition) is 2. The molecule has 3 heterocycles. The molecular formula is C25H33N3O4. The highest BCUT2D eigenvalue weighted by atomic mass is 16.5. The predicted octanol–water partition coefficient (Wildman–Crippen LogP) is 2.65. The Labute approximate surface area is 189 Å². The minimum Gasteiger partial charge on any atom is -0.359 e. The molecule has 0 radical (unpaired) electrons. The summed E-state index contributed by atoms with van der Waals surface area (Å²) in [5.74, 6) is -1.94. The van der Waals surface area contributed by atoms with Crippen molar-refractivity contribution in [2.75, 3.05) is 11.9 Å². The van der Waals surface area contributed by atoms with Crippen molar-refractivity contribution < 1.29 is 19.1 Å². The van der Waals surface area contributed by atoms with Crippen LogP contribution < -0.4 is 10.6 Å². The Balaban J connectivity index is 1.69. The summed E-state index contributed by atoms with van der Waals surface area (Å²) in [6.45, 7) is 12.1. The zero-order chi connectivity index (χ0) is 23.4.